The van der Waals surface area contributed by atoms with Crippen molar-refractivity contribution in [1.29, 1.82) is 0 Å². The summed E-state index contributed by atoms with van der Waals surface area (Å²) in [6.45, 7) is 2.23. The van der Waals surface area contributed by atoms with Crippen molar-refractivity contribution in [2.75, 3.05) is 19.1 Å². The summed E-state index contributed by atoms with van der Waals surface area (Å²) in [5.74, 6) is 0.446. The average Bonchev–Trinajstić information content (AvgIpc) is 2.56. The van der Waals surface area contributed by atoms with Crippen LogP contribution in [-0.2, 0) is 14.3 Å². The quantitative estimate of drug-likeness (QED) is 0.355. The number of hydrogen-bond acceptors (Lipinski definition) is 4. The van der Waals surface area contributed by atoms with Crippen LogP contribution in [0.3, 0.4) is 0 Å². The molecule has 0 fully saturated rings. The number of esters is 1. The second-order valence-electron chi connectivity index (χ2n) is 6.00. The Morgan fingerprint density at radius 1 is 1.00 bits per heavy atom. The summed E-state index contributed by atoms with van der Waals surface area (Å²) in [5, 5.41) is 2.80. The van der Waals surface area contributed by atoms with Crippen LogP contribution in [0.25, 0.3) is 0 Å². The van der Waals surface area contributed by atoms with E-state index in [1.165, 1.54) is 52.1 Å². The highest BCUT2D eigenvalue weighted by molar-refractivity contribution is 7.98. The largest absolute Gasteiger partial charge is 0.467 e. The van der Waals surface area contributed by atoms with Crippen molar-refractivity contribution in [3.8, 4) is 0 Å². The summed E-state index contributed by atoms with van der Waals surface area (Å²) >= 11 is 1.66. The van der Waals surface area contributed by atoms with Crippen molar-refractivity contribution in [3.05, 3.63) is 0 Å². The normalized spacial score (nSPS) is 12.0. The molecule has 0 heterocycles. The Bertz CT molecular complexity index is 311. The molecule has 0 aromatic rings. The highest BCUT2D eigenvalue weighted by Crippen LogP contribution is 2.10. The second kappa shape index (κ2) is 16.2. The van der Waals surface area contributed by atoms with Gasteiger partial charge in [-0.25, -0.2) is 4.79 Å². The van der Waals surface area contributed by atoms with Gasteiger partial charge in [-0.15, -0.1) is 0 Å². The molecule has 1 N–H and O–H groups in total. The Morgan fingerprint density at radius 3 is 2.09 bits per heavy atom. The summed E-state index contributed by atoms with van der Waals surface area (Å²) in [4.78, 5) is 23.5. The summed E-state index contributed by atoms with van der Waals surface area (Å²) in [6.07, 6.45) is 14.2. The van der Waals surface area contributed by atoms with E-state index in [9.17, 15) is 9.59 Å². The molecular weight excluding hydrogens is 310 g/mol. The maximum atomic E-state index is 11.9. The number of thioether (sulfide) groups is 1. The van der Waals surface area contributed by atoms with Crippen molar-refractivity contribution in [2.45, 2.75) is 83.6 Å². The first kappa shape index (κ1) is 22.3. The molecule has 23 heavy (non-hydrogen) atoms. The van der Waals surface area contributed by atoms with Crippen LogP contribution in [0, 0.1) is 0 Å². The van der Waals surface area contributed by atoms with E-state index < -0.39 is 6.04 Å². The third-order valence-corrected chi connectivity index (χ3v) is 4.58. The number of ether oxygens (including phenoxy) is 1. The first-order valence-electron chi connectivity index (χ1n) is 9.01. The van der Waals surface area contributed by atoms with E-state index in [2.05, 4.69) is 12.2 Å². The highest BCUT2D eigenvalue weighted by atomic mass is 32.2. The van der Waals surface area contributed by atoms with Gasteiger partial charge in [0.05, 0.1) is 7.11 Å². The molecule has 0 aliphatic carbocycles. The number of nitrogens with one attached hydrogen (secondary N) is 1. The summed E-state index contributed by atoms with van der Waals surface area (Å²) in [7, 11) is 1.36. The minimum atomic E-state index is -0.501. The van der Waals surface area contributed by atoms with E-state index in [1.807, 2.05) is 6.26 Å². The van der Waals surface area contributed by atoms with Gasteiger partial charge in [0.25, 0.3) is 0 Å². The molecule has 1 atom stereocenters. The van der Waals surface area contributed by atoms with Crippen LogP contribution < -0.4 is 5.32 Å². The number of methoxy groups -OCH3 is 1. The molecule has 0 aliphatic rings. The Hall–Kier alpha value is -0.710. The number of carbonyl (C=O) groups is 2. The van der Waals surface area contributed by atoms with E-state index in [0.29, 0.717) is 12.8 Å². The number of unbranched alkanes of at least 4 members (excludes halogenated alkanes) is 8. The molecule has 1 amide bonds. The lowest BCUT2D eigenvalue weighted by atomic mass is 10.1. The van der Waals surface area contributed by atoms with Gasteiger partial charge in [-0.05, 0) is 24.9 Å². The topological polar surface area (TPSA) is 55.4 Å². The number of carbonyl (C=O) groups excluding carboxylic acids is 2. The summed E-state index contributed by atoms with van der Waals surface area (Å²) in [5.41, 5.74) is 0. The van der Waals surface area contributed by atoms with Gasteiger partial charge in [0.1, 0.15) is 6.04 Å². The van der Waals surface area contributed by atoms with Gasteiger partial charge in [-0.1, -0.05) is 58.3 Å². The molecule has 0 saturated heterocycles. The monoisotopic (exact) mass is 345 g/mol. The molecule has 0 aromatic carbocycles. The summed E-state index contributed by atoms with van der Waals surface area (Å²) < 4.78 is 4.75. The van der Waals surface area contributed by atoms with Crippen molar-refractivity contribution in [2.24, 2.45) is 0 Å². The van der Waals surface area contributed by atoms with Gasteiger partial charge in [-0.2, -0.15) is 11.8 Å². The Labute approximate surface area is 146 Å². The Balaban J connectivity index is 3.69. The smallest absolute Gasteiger partial charge is 0.328 e. The van der Waals surface area contributed by atoms with Crippen LogP contribution in [0.1, 0.15) is 77.6 Å². The van der Waals surface area contributed by atoms with Crippen LogP contribution in [0.2, 0.25) is 0 Å². The van der Waals surface area contributed by atoms with Crippen molar-refractivity contribution in [1.82, 2.24) is 5.32 Å². The van der Waals surface area contributed by atoms with E-state index in [0.717, 1.165) is 18.6 Å². The minimum absolute atomic E-state index is 0.0375. The van der Waals surface area contributed by atoms with Crippen LogP contribution in [0.5, 0.6) is 0 Å². The van der Waals surface area contributed by atoms with Crippen LogP contribution in [-0.4, -0.2) is 37.0 Å². The lowest BCUT2D eigenvalue weighted by molar-refractivity contribution is -0.145. The molecule has 0 rings (SSSR count). The lowest BCUT2D eigenvalue weighted by Gasteiger charge is -2.15. The second-order valence-corrected chi connectivity index (χ2v) is 6.99. The van der Waals surface area contributed by atoms with Crippen molar-refractivity contribution >= 4 is 23.6 Å². The molecule has 0 saturated carbocycles. The molecule has 0 spiro atoms. The molecule has 0 radical (unpaired) electrons. The van der Waals surface area contributed by atoms with Crippen molar-refractivity contribution in [3.63, 3.8) is 0 Å². The van der Waals surface area contributed by atoms with Gasteiger partial charge in [0.2, 0.25) is 5.91 Å². The predicted molar refractivity (Wildman–Crippen MR) is 98.8 cm³/mol. The zero-order valence-electron chi connectivity index (χ0n) is 15.2. The molecule has 0 aliphatic heterocycles. The zero-order valence-corrected chi connectivity index (χ0v) is 16.0. The van der Waals surface area contributed by atoms with Gasteiger partial charge in [0.15, 0.2) is 0 Å². The lowest BCUT2D eigenvalue weighted by Crippen LogP contribution is -2.41. The minimum Gasteiger partial charge on any atom is -0.467 e. The van der Waals surface area contributed by atoms with Crippen molar-refractivity contribution < 1.29 is 14.3 Å². The molecule has 0 aromatic heterocycles. The first-order chi connectivity index (χ1) is 11.2. The standard InChI is InChI=1S/C18H35NO3S/c1-4-5-6-7-8-9-10-11-12-13-17(20)19-16(14-15-23-3)18(21)22-2/h16H,4-15H2,1-3H3,(H,19,20)/t16-/m0/s1. The molecule has 4 nitrogen and oxygen atoms in total. The van der Waals surface area contributed by atoms with Crippen LogP contribution >= 0.6 is 11.8 Å². The molecule has 5 heteroatoms. The number of hydrogen-bond donors (Lipinski definition) is 1. The maximum absolute atomic E-state index is 11.9. The van der Waals surface area contributed by atoms with Crippen LogP contribution in [0.4, 0.5) is 0 Å². The van der Waals surface area contributed by atoms with E-state index in [1.54, 1.807) is 11.8 Å². The molecule has 0 bridgehead atoms. The van der Waals surface area contributed by atoms with Gasteiger partial charge >= 0.3 is 5.97 Å². The van der Waals surface area contributed by atoms with Gasteiger partial charge < -0.3 is 10.1 Å². The maximum Gasteiger partial charge on any atom is 0.328 e. The van der Waals surface area contributed by atoms with Gasteiger partial charge in [-0.3, -0.25) is 4.79 Å². The zero-order chi connectivity index (χ0) is 17.3. The fourth-order valence-electron chi connectivity index (χ4n) is 2.49. The fraction of sp³-hybridized carbons (Fsp3) is 0.889. The predicted octanol–water partition coefficient (Wildman–Crippen LogP) is 4.32. The van der Waals surface area contributed by atoms with E-state index in [4.69, 9.17) is 4.74 Å². The highest BCUT2D eigenvalue weighted by Gasteiger charge is 2.20. The summed E-state index contributed by atoms with van der Waals surface area (Å²) in [6, 6.07) is -0.501. The van der Waals surface area contributed by atoms with E-state index in [-0.39, 0.29) is 11.9 Å². The van der Waals surface area contributed by atoms with Crippen LogP contribution in [0.15, 0.2) is 0 Å². The Kier molecular flexibility index (Phi) is 15.7. The average molecular weight is 346 g/mol. The molecular formula is C18H35NO3S. The SMILES string of the molecule is CCCCCCCCCCCC(=O)N[C@@H](CCSC)C(=O)OC. The molecule has 136 valence electrons. The van der Waals surface area contributed by atoms with Gasteiger partial charge in [0, 0.05) is 6.42 Å². The fourth-order valence-corrected chi connectivity index (χ4v) is 2.96. The third kappa shape index (κ3) is 13.4. The number of rotatable bonds is 15. The number of amides is 1. The Morgan fingerprint density at radius 2 is 1.57 bits per heavy atom. The third-order valence-electron chi connectivity index (χ3n) is 3.94. The first-order valence-corrected chi connectivity index (χ1v) is 10.4. The molecule has 0 unspecified atom stereocenters. The van der Waals surface area contributed by atoms with E-state index >= 15 is 0 Å².